The number of ether oxygens (including phenoxy) is 4. The quantitative estimate of drug-likeness (QED) is 0.148. The van der Waals surface area contributed by atoms with Crippen molar-refractivity contribution in [3.63, 3.8) is 0 Å². The third kappa shape index (κ3) is 8.89. The van der Waals surface area contributed by atoms with Gasteiger partial charge in [0.05, 0.1) is 0 Å². The minimum absolute atomic E-state index is 0.105. The minimum atomic E-state index is 0.105. The van der Waals surface area contributed by atoms with Crippen molar-refractivity contribution < 1.29 is 29.2 Å². The fourth-order valence-electron chi connectivity index (χ4n) is 6.85. The Morgan fingerprint density at radius 3 is 0.931 bits per heavy atom. The van der Waals surface area contributed by atoms with Gasteiger partial charge >= 0.3 is 0 Å². The highest BCUT2D eigenvalue weighted by Crippen LogP contribution is 2.51. The first kappa shape index (κ1) is 43.8. The summed E-state index contributed by atoms with van der Waals surface area (Å²) in [5.74, 6) is 1.58. The van der Waals surface area contributed by atoms with Crippen LogP contribution in [0.25, 0.3) is 65.3 Å². The lowest BCUT2D eigenvalue weighted by molar-refractivity contribution is 0.0501. The van der Waals surface area contributed by atoms with Crippen LogP contribution in [0.5, 0.6) is 23.0 Å². The van der Waals surface area contributed by atoms with Gasteiger partial charge in [-0.2, -0.15) is 0 Å². The van der Waals surface area contributed by atoms with Gasteiger partial charge in [-0.05, 0) is 116 Å². The topological polar surface area (TPSA) is 77.4 Å². The average molecular weight is 1290 g/mol. The normalized spacial score (nSPS) is 11.3. The van der Waals surface area contributed by atoms with Gasteiger partial charge < -0.3 is 29.2 Å². The lowest BCUT2D eigenvalue weighted by Gasteiger charge is -2.21. The molecule has 0 heterocycles. The summed E-state index contributed by atoms with van der Waals surface area (Å²) < 4.78 is 29.8. The zero-order chi connectivity index (χ0) is 41.4. The molecule has 58 heavy (non-hydrogen) atoms. The zero-order valence-corrected chi connectivity index (χ0v) is 42.9. The minimum Gasteiger partial charge on any atom is -0.507 e. The Labute approximate surface area is 401 Å². The molecule has 0 radical (unpaired) electrons. The van der Waals surface area contributed by atoms with E-state index in [1.54, 1.807) is 26.4 Å². The van der Waals surface area contributed by atoms with Gasteiger partial charge in [-0.3, -0.25) is 0 Å². The number of methoxy groups -OCH3 is 2. The van der Waals surface area contributed by atoms with Crippen LogP contribution in [0, 0.1) is 0 Å². The number of fused-ring (bicyclic) bond motifs is 4. The third-order valence-corrected chi connectivity index (χ3v) is 13.8. The molecule has 0 saturated heterocycles. The Morgan fingerprint density at radius 1 is 0.362 bits per heavy atom. The van der Waals surface area contributed by atoms with Crippen LogP contribution in [-0.4, -0.2) is 38.0 Å². The van der Waals surface area contributed by atoms with Crippen molar-refractivity contribution in [2.75, 3.05) is 27.8 Å². The van der Waals surface area contributed by atoms with E-state index in [1.807, 2.05) is 60.7 Å². The molecule has 0 unspecified atom stereocenters. The summed E-state index contributed by atoms with van der Waals surface area (Å²) in [5, 5.41) is 29.2. The first-order valence-electron chi connectivity index (χ1n) is 17.1. The van der Waals surface area contributed by atoms with E-state index >= 15 is 0 Å². The summed E-state index contributed by atoms with van der Waals surface area (Å²) in [5.41, 5.74) is 3.04. The molecule has 6 nitrogen and oxygen atoms in total. The van der Waals surface area contributed by atoms with Crippen molar-refractivity contribution in [3.8, 4) is 45.3 Å². The Kier molecular flexibility index (Phi) is 14.2. The third-order valence-electron chi connectivity index (χ3n) is 9.25. The van der Waals surface area contributed by atoms with E-state index in [2.05, 4.69) is 152 Å². The molecule has 0 atom stereocenters. The van der Waals surface area contributed by atoms with Gasteiger partial charge in [0.15, 0.2) is 13.6 Å². The van der Waals surface area contributed by atoms with E-state index in [9.17, 15) is 10.2 Å². The van der Waals surface area contributed by atoms with Crippen LogP contribution in [0.1, 0.15) is 0 Å². The largest absolute Gasteiger partial charge is 0.507 e. The van der Waals surface area contributed by atoms with E-state index in [0.717, 1.165) is 90.0 Å². The van der Waals surface area contributed by atoms with Gasteiger partial charge in [0.1, 0.15) is 23.0 Å². The Bertz CT molecular complexity index is 2710. The van der Waals surface area contributed by atoms with Gasteiger partial charge in [-0.25, -0.2) is 0 Å². The first-order chi connectivity index (χ1) is 27.8. The maximum absolute atomic E-state index is 10.7. The SMILES string of the molecule is COCOc1cc(Br)c2cc(Br)ccc2c1-c1c(OCOC)cc(Br)c2cc(Br)ccc12.Oc1cc(Br)c2cc(Br)ccc2c1-c1c(O)cc(Br)c2cc(Br)ccc12. The average Bonchev–Trinajstić information content (AvgIpc) is 3.19. The molecular weight excluding hydrogens is 1260 g/mol. The fraction of sp³-hybridized carbons (Fsp3) is 0.0909. The van der Waals surface area contributed by atoms with Crippen LogP contribution in [0.3, 0.4) is 0 Å². The summed E-state index contributed by atoms with van der Waals surface area (Å²) in [7, 11) is 3.21. The van der Waals surface area contributed by atoms with Crippen molar-refractivity contribution in [2.45, 2.75) is 0 Å². The number of hydrogen-bond acceptors (Lipinski definition) is 6. The molecule has 0 aliphatic rings. The van der Waals surface area contributed by atoms with E-state index in [0.29, 0.717) is 22.6 Å². The molecule has 0 bridgehead atoms. The lowest BCUT2D eigenvalue weighted by atomic mass is 9.92. The van der Waals surface area contributed by atoms with Crippen LogP contribution in [0.15, 0.2) is 133 Å². The summed E-state index contributed by atoms with van der Waals surface area (Å²) in [4.78, 5) is 0. The summed E-state index contributed by atoms with van der Waals surface area (Å²) >= 11 is 28.6. The van der Waals surface area contributed by atoms with Crippen LogP contribution >= 0.6 is 127 Å². The van der Waals surface area contributed by atoms with Crippen molar-refractivity contribution in [2.24, 2.45) is 0 Å². The molecule has 0 fully saturated rings. The summed E-state index contributed by atoms with van der Waals surface area (Å²) in [6.07, 6.45) is 0. The maximum atomic E-state index is 10.7. The molecule has 14 heteroatoms. The number of phenolic OH excluding ortho intramolecular Hbond substituents is 2. The molecule has 0 spiro atoms. The van der Waals surface area contributed by atoms with E-state index in [1.165, 1.54) is 0 Å². The van der Waals surface area contributed by atoms with E-state index in [4.69, 9.17) is 18.9 Å². The van der Waals surface area contributed by atoms with Gasteiger partial charge in [0.2, 0.25) is 0 Å². The first-order valence-corrected chi connectivity index (χ1v) is 23.4. The van der Waals surface area contributed by atoms with Crippen LogP contribution in [0.2, 0.25) is 0 Å². The fourth-order valence-corrected chi connectivity index (χ4v) is 10.5. The van der Waals surface area contributed by atoms with E-state index < -0.39 is 0 Å². The molecule has 8 aromatic rings. The second kappa shape index (κ2) is 18.8. The monoisotopic (exact) mass is 1280 g/mol. The summed E-state index contributed by atoms with van der Waals surface area (Å²) in [6, 6.07) is 31.3. The lowest BCUT2D eigenvalue weighted by Crippen LogP contribution is -2.04. The zero-order valence-electron chi connectivity index (χ0n) is 30.2. The molecule has 8 aromatic carbocycles. The number of phenols is 2. The molecule has 8 rings (SSSR count). The van der Waals surface area contributed by atoms with Crippen LogP contribution in [-0.2, 0) is 9.47 Å². The molecular formula is C44H28Br8O6. The predicted octanol–water partition coefficient (Wildman–Crippen LogP) is 16.8. The highest BCUT2D eigenvalue weighted by Gasteiger charge is 2.23. The van der Waals surface area contributed by atoms with Crippen molar-refractivity contribution in [1.29, 1.82) is 0 Å². The maximum Gasteiger partial charge on any atom is 0.188 e. The highest BCUT2D eigenvalue weighted by atomic mass is 79.9. The number of rotatable bonds is 8. The predicted molar refractivity (Wildman–Crippen MR) is 264 cm³/mol. The van der Waals surface area contributed by atoms with Gasteiger partial charge in [0, 0.05) is 72.3 Å². The summed E-state index contributed by atoms with van der Waals surface area (Å²) in [6.45, 7) is 0.242. The number of hydrogen-bond donors (Lipinski definition) is 2. The molecule has 0 aliphatic carbocycles. The second-order valence-corrected chi connectivity index (χ2v) is 19.9. The Morgan fingerprint density at radius 2 is 0.638 bits per heavy atom. The van der Waals surface area contributed by atoms with Gasteiger partial charge in [0.25, 0.3) is 0 Å². The van der Waals surface area contributed by atoms with Crippen LogP contribution < -0.4 is 9.47 Å². The molecule has 0 aliphatic heterocycles. The van der Waals surface area contributed by atoms with Crippen molar-refractivity contribution in [3.05, 3.63) is 133 Å². The molecule has 0 aromatic heterocycles. The van der Waals surface area contributed by atoms with Crippen molar-refractivity contribution in [1.82, 2.24) is 0 Å². The Balaban J connectivity index is 0.000000180. The highest BCUT2D eigenvalue weighted by molar-refractivity contribution is 9.11. The standard InChI is InChI=1S/C24H18Br4O4.C20H10Br4O2/c1-29-11-31-21-9-19(27)17-7-13(25)3-5-15(17)23(21)24-16-6-4-14(26)8-18(16)20(28)10-22(24)32-12-30-2;21-9-1-3-11-13(5-9)15(23)7-17(25)19(11)20-12-4-2-10(22)6-14(12)16(24)8-18(20)26/h3-10H,11-12H2,1-2H3;1-8,25-26H. The van der Waals surface area contributed by atoms with Crippen LogP contribution in [0.4, 0.5) is 0 Å². The van der Waals surface area contributed by atoms with Gasteiger partial charge in [-0.1, -0.05) is 152 Å². The van der Waals surface area contributed by atoms with E-state index in [-0.39, 0.29) is 25.1 Å². The number of benzene rings is 8. The smallest absolute Gasteiger partial charge is 0.188 e. The molecule has 296 valence electrons. The molecule has 2 N–H and O–H groups in total. The van der Waals surface area contributed by atoms with Crippen molar-refractivity contribution >= 4 is 171 Å². The molecule has 0 amide bonds. The molecule has 0 saturated carbocycles. The van der Waals surface area contributed by atoms with Gasteiger partial charge in [-0.15, -0.1) is 0 Å². The Hall–Kier alpha value is -2.24. The number of halogens is 8. The number of aromatic hydroxyl groups is 2. The second-order valence-electron chi connectivity index (χ2n) is 12.8.